The number of amides is 3. The Kier molecular flexibility index (Phi) is 6.63. The smallest absolute Gasteiger partial charge is 0.315 e. The van der Waals surface area contributed by atoms with Gasteiger partial charge in [0.2, 0.25) is 5.91 Å². The molecule has 0 aromatic rings. The molecule has 2 rings (SSSR count). The number of hydrogen-bond donors (Lipinski definition) is 4. The second-order valence-corrected chi connectivity index (χ2v) is 6.99. The number of nitrogens with one attached hydrogen (secondary N) is 3. The van der Waals surface area contributed by atoms with Crippen LogP contribution in [-0.2, 0) is 4.79 Å². The van der Waals surface area contributed by atoms with Crippen molar-refractivity contribution in [2.24, 2.45) is 5.73 Å². The Labute approximate surface area is 130 Å². The van der Waals surface area contributed by atoms with Gasteiger partial charge in [0, 0.05) is 24.0 Å². The molecule has 2 saturated heterocycles. The molecule has 0 bridgehead atoms. The lowest BCUT2D eigenvalue weighted by Gasteiger charge is -2.16. The first-order valence-corrected chi connectivity index (χ1v) is 8.91. The predicted molar refractivity (Wildman–Crippen MR) is 85.3 cm³/mol. The fourth-order valence-corrected chi connectivity index (χ4v) is 4.40. The summed E-state index contributed by atoms with van der Waals surface area (Å²) < 4.78 is 0. The number of unbranched alkanes of at least 4 members (excludes halogenated alkanes) is 2. The first kappa shape index (κ1) is 16.4. The molecule has 0 aliphatic carbocycles. The number of hydrogen-bond acceptors (Lipinski definition) is 4. The molecule has 2 fully saturated rings. The van der Waals surface area contributed by atoms with Crippen molar-refractivity contribution < 1.29 is 9.59 Å². The minimum absolute atomic E-state index is 0.0350. The molecule has 2 aliphatic heterocycles. The molecule has 2 aliphatic rings. The maximum Gasteiger partial charge on any atom is 0.315 e. The maximum absolute atomic E-state index is 11.6. The van der Waals surface area contributed by atoms with Crippen LogP contribution >= 0.6 is 11.8 Å². The van der Waals surface area contributed by atoms with E-state index in [1.165, 1.54) is 0 Å². The van der Waals surface area contributed by atoms with Crippen LogP contribution < -0.4 is 21.7 Å². The summed E-state index contributed by atoms with van der Waals surface area (Å²) in [5.41, 5.74) is 5.40. The lowest BCUT2D eigenvalue weighted by molar-refractivity contribution is -0.121. The van der Waals surface area contributed by atoms with E-state index in [9.17, 15) is 9.59 Å². The van der Waals surface area contributed by atoms with Gasteiger partial charge in [-0.15, -0.1) is 0 Å². The topological polar surface area (TPSA) is 96.2 Å². The normalized spacial score (nSPS) is 27.1. The third-order valence-corrected chi connectivity index (χ3v) is 5.54. The number of rotatable bonds is 9. The maximum atomic E-state index is 11.6. The van der Waals surface area contributed by atoms with E-state index < -0.39 is 0 Å². The molecule has 0 saturated carbocycles. The van der Waals surface area contributed by atoms with Gasteiger partial charge in [0.25, 0.3) is 0 Å². The SMILES string of the molecule is NCCCCNC(=O)CCCC[C@@H]1SC[C@@H]2NC(=O)N[C@@H]21. The van der Waals surface area contributed by atoms with Crippen LogP contribution in [0.3, 0.4) is 0 Å². The van der Waals surface area contributed by atoms with Crippen molar-refractivity contribution in [1.29, 1.82) is 0 Å². The van der Waals surface area contributed by atoms with Gasteiger partial charge in [-0.2, -0.15) is 11.8 Å². The summed E-state index contributed by atoms with van der Waals surface area (Å²) in [5.74, 6) is 1.13. The highest BCUT2D eigenvalue weighted by atomic mass is 32.2. The van der Waals surface area contributed by atoms with Crippen molar-refractivity contribution in [3.8, 4) is 0 Å². The zero-order valence-electron chi connectivity index (χ0n) is 12.4. The average molecular weight is 314 g/mol. The number of carbonyl (C=O) groups excluding carboxylic acids is 2. The number of carbonyl (C=O) groups is 2. The largest absolute Gasteiger partial charge is 0.356 e. The van der Waals surface area contributed by atoms with E-state index in [2.05, 4.69) is 16.0 Å². The first-order chi connectivity index (χ1) is 10.2. The summed E-state index contributed by atoms with van der Waals surface area (Å²) in [6.45, 7) is 1.42. The lowest BCUT2D eigenvalue weighted by Crippen LogP contribution is -2.36. The van der Waals surface area contributed by atoms with E-state index in [0.29, 0.717) is 24.3 Å². The molecule has 0 aromatic heterocycles. The zero-order valence-corrected chi connectivity index (χ0v) is 13.2. The Morgan fingerprint density at radius 3 is 2.95 bits per heavy atom. The van der Waals surface area contributed by atoms with Gasteiger partial charge in [-0.1, -0.05) is 6.42 Å². The number of thioether (sulfide) groups is 1. The molecule has 21 heavy (non-hydrogen) atoms. The molecule has 6 nitrogen and oxygen atoms in total. The second-order valence-electron chi connectivity index (χ2n) is 5.71. The highest BCUT2D eigenvalue weighted by Crippen LogP contribution is 2.33. The molecule has 3 atom stereocenters. The van der Waals surface area contributed by atoms with E-state index in [1.54, 1.807) is 0 Å². The summed E-state index contributed by atoms with van der Waals surface area (Å²) in [4.78, 5) is 22.9. The Morgan fingerprint density at radius 2 is 2.14 bits per heavy atom. The van der Waals surface area contributed by atoms with Crippen molar-refractivity contribution in [3.63, 3.8) is 0 Å². The van der Waals surface area contributed by atoms with Gasteiger partial charge in [-0.25, -0.2) is 4.79 Å². The van der Waals surface area contributed by atoms with E-state index in [-0.39, 0.29) is 18.0 Å². The van der Waals surface area contributed by atoms with Gasteiger partial charge in [-0.3, -0.25) is 4.79 Å². The number of urea groups is 1. The quantitative estimate of drug-likeness (QED) is 0.369. The molecule has 0 radical (unpaired) electrons. The fourth-order valence-electron chi connectivity index (χ4n) is 2.86. The van der Waals surface area contributed by atoms with Gasteiger partial charge in [0.1, 0.15) is 0 Å². The Balaban J connectivity index is 1.52. The standard InChI is InChI=1S/C14H26N4O2S/c15-7-3-4-8-16-12(19)6-2-1-5-11-13-10(9-21-11)17-14(20)18-13/h10-11,13H,1-9,15H2,(H,16,19)(H2,17,18,20)/t10-,11-,13-/m0/s1. The van der Waals surface area contributed by atoms with Crippen molar-refractivity contribution in [2.75, 3.05) is 18.8 Å². The summed E-state index contributed by atoms with van der Waals surface area (Å²) in [6.07, 6.45) is 5.52. The predicted octanol–water partition coefficient (Wildman–Crippen LogP) is 0.567. The third-order valence-electron chi connectivity index (χ3n) is 4.03. The molecule has 0 unspecified atom stereocenters. The molecule has 0 spiro atoms. The molecule has 120 valence electrons. The van der Waals surface area contributed by atoms with Crippen LogP contribution in [0.2, 0.25) is 0 Å². The number of nitrogens with two attached hydrogens (primary N) is 1. The van der Waals surface area contributed by atoms with Gasteiger partial charge < -0.3 is 21.7 Å². The van der Waals surface area contributed by atoms with Crippen molar-refractivity contribution in [3.05, 3.63) is 0 Å². The lowest BCUT2D eigenvalue weighted by atomic mass is 10.0. The van der Waals surface area contributed by atoms with Crippen LogP contribution in [0.4, 0.5) is 4.79 Å². The van der Waals surface area contributed by atoms with Crippen LogP contribution in [0.5, 0.6) is 0 Å². The Hall–Kier alpha value is -0.950. The fraction of sp³-hybridized carbons (Fsp3) is 0.857. The third kappa shape index (κ3) is 5.07. The zero-order chi connectivity index (χ0) is 15.1. The molecule has 3 amide bonds. The summed E-state index contributed by atoms with van der Waals surface area (Å²) >= 11 is 1.93. The van der Waals surface area contributed by atoms with Gasteiger partial charge in [0.05, 0.1) is 12.1 Å². The minimum atomic E-state index is -0.0350. The Morgan fingerprint density at radius 1 is 1.29 bits per heavy atom. The average Bonchev–Trinajstić information content (AvgIpc) is 2.99. The van der Waals surface area contributed by atoms with E-state index in [4.69, 9.17) is 5.73 Å². The van der Waals surface area contributed by atoms with Gasteiger partial charge in [-0.05, 0) is 32.2 Å². The van der Waals surface area contributed by atoms with Crippen molar-refractivity contribution >= 4 is 23.7 Å². The summed E-state index contributed by atoms with van der Waals surface area (Å²) in [7, 11) is 0. The summed E-state index contributed by atoms with van der Waals surface area (Å²) in [5, 5.41) is 9.35. The van der Waals surface area contributed by atoms with Gasteiger partial charge >= 0.3 is 6.03 Å². The van der Waals surface area contributed by atoms with Crippen LogP contribution in [0.25, 0.3) is 0 Å². The van der Waals surface area contributed by atoms with Crippen molar-refractivity contribution in [1.82, 2.24) is 16.0 Å². The minimum Gasteiger partial charge on any atom is -0.356 e. The highest BCUT2D eigenvalue weighted by Gasteiger charge is 2.42. The van der Waals surface area contributed by atoms with E-state index in [0.717, 1.165) is 44.4 Å². The molecular weight excluding hydrogens is 288 g/mol. The first-order valence-electron chi connectivity index (χ1n) is 7.86. The van der Waals surface area contributed by atoms with E-state index in [1.807, 2.05) is 11.8 Å². The molecule has 0 aromatic carbocycles. The van der Waals surface area contributed by atoms with Crippen LogP contribution in [0.1, 0.15) is 38.5 Å². The monoisotopic (exact) mass is 314 g/mol. The van der Waals surface area contributed by atoms with Crippen LogP contribution in [0.15, 0.2) is 0 Å². The molecule has 2 heterocycles. The number of fused-ring (bicyclic) bond motifs is 1. The van der Waals surface area contributed by atoms with Gasteiger partial charge in [0.15, 0.2) is 0 Å². The molecule has 7 heteroatoms. The van der Waals surface area contributed by atoms with Crippen molar-refractivity contribution in [2.45, 2.75) is 55.9 Å². The highest BCUT2D eigenvalue weighted by molar-refractivity contribution is 8.00. The summed E-state index contributed by atoms with van der Waals surface area (Å²) in [6, 6.07) is 0.526. The Bertz CT molecular complexity index is 367. The second kappa shape index (κ2) is 8.48. The molecular formula is C14H26N4O2S. The van der Waals surface area contributed by atoms with Crippen LogP contribution in [0, 0.1) is 0 Å². The van der Waals surface area contributed by atoms with E-state index >= 15 is 0 Å². The van der Waals surface area contributed by atoms with Crippen LogP contribution in [-0.4, -0.2) is 48.1 Å². The molecule has 5 N–H and O–H groups in total.